The zero-order valence-corrected chi connectivity index (χ0v) is 21.0. The molecule has 1 heterocycles. The first kappa shape index (κ1) is 25.2. The molecule has 1 atom stereocenters. The van der Waals surface area contributed by atoms with E-state index < -0.39 is 12.0 Å². The molecule has 0 bridgehead atoms. The summed E-state index contributed by atoms with van der Waals surface area (Å²) in [4.78, 5) is 21.5. The minimum Gasteiger partial charge on any atom is -0.480 e. The van der Waals surface area contributed by atoms with Gasteiger partial charge in [0.05, 0.1) is 15.8 Å². The predicted molar refractivity (Wildman–Crippen MR) is 144 cm³/mol. The van der Waals surface area contributed by atoms with Gasteiger partial charge in [-0.05, 0) is 37.6 Å². The summed E-state index contributed by atoms with van der Waals surface area (Å²) in [6, 6.07) is 24.5. The van der Waals surface area contributed by atoms with Crippen molar-refractivity contribution in [3.05, 3.63) is 100 Å². The molecular formula is C28H29Cl2N3O2. The maximum atomic E-state index is 12.1. The summed E-state index contributed by atoms with van der Waals surface area (Å²) in [5, 5.41) is 11.0. The lowest BCUT2D eigenvalue weighted by Gasteiger charge is -2.36. The number of halogens is 2. The van der Waals surface area contributed by atoms with Gasteiger partial charge < -0.3 is 10.0 Å². The van der Waals surface area contributed by atoms with E-state index in [1.54, 1.807) is 0 Å². The Kier molecular flexibility index (Phi) is 8.80. The molecule has 1 aliphatic rings. The zero-order valence-electron chi connectivity index (χ0n) is 19.5. The summed E-state index contributed by atoms with van der Waals surface area (Å²) < 4.78 is 0. The van der Waals surface area contributed by atoms with Crippen LogP contribution in [0.3, 0.4) is 0 Å². The summed E-state index contributed by atoms with van der Waals surface area (Å²) in [5.74, 6) is -0.890. The minimum absolute atomic E-state index is 0.492. The summed E-state index contributed by atoms with van der Waals surface area (Å²) >= 11 is 12.2. The summed E-state index contributed by atoms with van der Waals surface area (Å²) in [5.41, 5.74) is 3.63. The van der Waals surface area contributed by atoms with Gasteiger partial charge in [0.2, 0.25) is 0 Å². The van der Waals surface area contributed by atoms with E-state index in [1.165, 1.54) is 0 Å². The molecule has 182 valence electrons. The van der Waals surface area contributed by atoms with Crippen LogP contribution in [0.15, 0.2) is 83.9 Å². The second kappa shape index (κ2) is 12.2. The number of rotatable bonds is 9. The van der Waals surface area contributed by atoms with Crippen LogP contribution in [-0.2, 0) is 4.79 Å². The predicted octanol–water partition coefficient (Wildman–Crippen LogP) is 5.89. The molecule has 1 aliphatic heterocycles. The van der Waals surface area contributed by atoms with Crippen molar-refractivity contribution >= 4 is 40.6 Å². The zero-order chi connectivity index (χ0) is 24.6. The normalized spacial score (nSPS) is 15.0. The number of carbonyl (C=O) groups is 1. The van der Waals surface area contributed by atoms with Crippen molar-refractivity contribution in [3.63, 3.8) is 0 Å². The van der Waals surface area contributed by atoms with Crippen molar-refractivity contribution < 1.29 is 9.90 Å². The second-order valence-electron chi connectivity index (χ2n) is 8.63. The first-order valence-corrected chi connectivity index (χ1v) is 12.6. The lowest BCUT2D eigenvalue weighted by atomic mass is 10.0. The van der Waals surface area contributed by atoms with Gasteiger partial charge in [-0.2, -0.15) is 0 Å². The number of nitrogens with zero attached hydrogens (tertiary/aromatic N) is 3. The topological polar surface area (TPSA) is 56.1 Å². The van der Waals surface area contributed by atoms with E-state index in [9.17, 15) is 9.90 Å². The Labute approximate surface area is 216 Å². The van der Waals surface area contributed by atoms with E-state index in [-0.39, 0.29) is 0 Å². The number of anilines is 1. The fourth-order valence-electron chi connectivity index (χ4n) is 4.33. The first-order chi connectivity index (χ1) is 17.0. The van der Waals surface area contributed by atoms with Crippen LogP contribution < -0.4 is 4.90 Å². The number of carboxylic acid groups (broad SMARTS) is 1. The number of benzene rings is 3. The average Bonchev–Trinajstić information content (AvgIpc) is 2.89. The van der Waals surface area contributed by atoms with Crippen LogP contribution >= 0.6 is 23.2 Å². The average molecular weight is 510 g/mol. The molecule has 0 amide bonds. The summed E-state index contributed by atoms with van der Waals surface area (Å²) in [6.45, 7) is 4.47. The van der Waals surface area contributed by atoms with E-state index in [1.807, 2.05) is 78.9 Å². The summed E-state index contributed by atoms with van der Waals surface area (Å²) in [7, 11) is 0. The molecule has 3 aromatic carbocycles. The van der Waals surface area contributed by atoms with Crippen LogP contribution in [-0.4, -0.2) is 60.5 Å². The number of piperazine rings is 1. The van der Waals surface area contributed by atoms with Crippen LogP contribution in [0.5, 0.6) is 0 Å². The van der Waals surface area contributed by atoms with E-state index in [2.05, 4.69) is 9.80 Å². The van der Waals surface area contributed by atoms with Crippen molar-refractivity contribution in [3.8, 4) is 0 Å². The number of aliphatic carboxylic acids is 1. The highest BCUT2D eigenvalue weighted by Crippen LogP contribution is 2.27. The van der Waals surface area contributed by atoms with Crippen LogP contribution in [0.4, 0.5) is 5.69 Å². The van der Waals surface area contributed by atoms with Gasteiger partial charge in [0.15, 0.2) is 0 Å². The molecule has 0 aromatic heterocycles. The molecule has 1 N–H and O–H groups in total. The number of aliphatic imine (C=N–C) groups is 1. The van der Waals surface area contributed by atoms with Gasteiger partial charge in [-0.1, -0.05) is 83.9 Å². The van der Waals surface area contributed by atoms with Crippen molar-refractivity contribution in [2.45, 2.75) is 18.9 Å². The van der Waals surface area contributed by atoms with Gasteiger partial charge in [0.25, 0.3) is 0 Å². The third-order valence-electron chi connectivity index (χ3n) is 6.26. The Morgan fingerprint density at radius 3 is 2.00 bits per heavy atom. The quantitative estimate of drug-likeness (QED) is 0.365. The molecule has 4 rings (SSSR count). The third kappa shape index (κ3) is 6.85. The van der Waals surface area contributed by atoms with Crippen LogP contribution in [0.1, 0.15) is 24.0 Å². The Morgan fingerprint density at radius 2 is 1.46 bits per heavy atom. The molecule has 0 saturated carbocycles. The van der Waals surface area contributed by atoms with Crippen LogP contribution in [0, 0.1) is 0 Å². The van der Waals surface area contributed by atoms with Gasteiger partial charge in [-0.3, -0.25) is 9.89 Å². The van der Waals surface area contributed by atoms with E-state index in [0.29, 0.717) is 22.2 Å². The molecular weight excluding hydrogens is 481 g/mol. The van der Waals surface area contributed by atoms with Gasteiger partial charge in [-0.15, -0.1) is 0 Å². The molecule has 1 fully saturated rings. The van der Waals surface area contributed by atoms with Gasteiger partial charge in [0, 0.05) is 43.0 Å². The van der Waals surface area contributed by atoms with E-state index in [4.69, 9.17) is 28.2 Å². The fraction of sp³-hybridized carbons (Fsp3) is 0.286. The number of hydrogen-bond acceptors (Lipinski definition) is 4. The minimum atomic E-state index is -0.890. The van der Waals surface area contributed by atoms with Crippen molar-refractivity contribution in [1.29, 1.82) is 0 Å². The van der Waals surface area contributed by atoms with E-state index >= 15 is 0 Å². The van der Waals surface area contributed by atoms with Gasteiger partial charge >= 0.3 is 5.97 Å². The number of carboxylic acids is 1. The molecule has 0 radical (unpaired) electrons. The SMILES string of the molecule is O=C(O)C(CCCN1CCN(c2ccc(Cl)c(Cl)c2)CC1)N=C(c1ccccc1)c1ccccc1. The molecule has 5 nitrogen and oxygen atoms in total. The Morgan fingerprint density at radius 1 is 0.857 bits per heavy atom. The molecule has 7 heteroatoms. The van der Waals surface area contributed by atoms with E-state index in [0.717, 1.165) is 56.0 Å². The second-order valence-corrected chi connectivity index (χ2v) is 9.45. The molecule has 1 unspecified atom stereocenters. The number of hydrogen-bond donors (Lipinski definition) is 1. The Balaban J connectivity index is 1.36. The van der Waals surface area contributed by atoms with Crippen molar-refractivity contribution in [2.75, 3.05) is 37.6 Å². The highest BCUT2D eigenvalue weighted by atomic mass is 35.5. The third-order valence-corrected chi connectivity index (χ3v) is 7.00. The molecule has 3 aromatic rings. The van der Waals surface area contributed by atoms with Crippen LogP contribution in [0.25, 0.3) is 0 Å². The molecule has 1 saturated heterocycles. The standard InChI is InChI=1S/C28H29Cl2N3O2/c29-24-14-13-23(20-25(24)30)33-18-16-32(17-19-33)15-7-12-26(28(34)35)31-27(21-8-3-1-4-9-21)22-10-5-2-6-11-22/h1-6,8-11,13-14,20,26H,7,12,15-19H2,(H,34,35). The Bertz CT molecular complexity index is 1110. The smallest absolute Gasteiger partial charge is 0.328 e. The fourth-order valence-corrected chi connectivity index (χ4v) is 4.62. The maximum absolute atomic E-state index is 12.1. The van der Waals surface area contributed by atoms with Crippen LogP contribution in [0.2, 0.25) is 10.0 Å². The maximum Gasteiger partial charge on any atom is 0.328 e. The lowest BCUT2D eigenvalue weighted by molar-refractivity contribution is -0.138. The first-order valence-electron chi connectivity index (χ1n) is 11.8. The van der Waals surface area contributed by atoms with Crippen molar-refractivity contribution in [1.82, 2.24) is 4.90 Å². The molecule has 0 aliphatic carbocycles. The Hall–Kier alpha value is -2.86. The monoisotopic (exact) mass is 509 g/mol. The molecule has 0 spiro atoms. The largest absolute Gasteiger partial charge is 0.480 e. The highest BCUT2D eigenvalue weighted by molar-refractivity contribution is 6.42. The van der Waals surface area contributed by atoms with Gasteiger partial charge in [0.1, 0.15) is 6.04 Å². The highest BCUT2D eigenvalue weighted by Gasteiger charge is 2.21. The van der Waals surface area contributed by atoms with Crippen molar-refractivity contribution in [2.24, 2.45) is 4.99 Å². The van der Waals surface area contributed by atoms with Gasteiger partial charge in [-0.25, -0.2) is 4.79 Å². The lowest BCUT2D eigenvalue weighted by Crippen LogP contribution is -2.46. The molecule has 35 heavy (non-hydrogen) atoms. The summed E-state index contributed by atoms with van der Waals surface area (Å²) in [6.07, 6.45) is 1.26.